The van der Waals surface area contributed by atoms with Gasteiger partial charge in [-0.1, -0.05) is 48.5 Å². The van der Waals surface area contributed by atoms with Gasteiger partial charge in [0.25, 0.3) is 0 Å². The van der Waals surface area contributed by atoms with Crippen LogP contribution in [-0.4, -0.2) is 20.0 Å². The van der Waals surface area contributed by atoms with Gasteiger partial charge in [0.2, 0.25) is 0 Å². The molecule has 4 rings (SSSR count). The normalized spacial score (nSPS) is 24.2. The van der Waals surface area contributed by atoms with Crippen molar-refractivity contribution in [3.63, 3.8) is 0 Å². The van der Waals surface area contributed by atoms with E-state index in [0.29, 0.717) is 24.0 Å². The number of benzene rings is 3. The predicted molar refractivity (Wildman–Crippen MR) is 123 cm³/mol. The lowest BCUT2D eigenvalue weighted by molar-refractivity contribution is 0.305. The molecule has 1 fully saturated rings. The van der Waals surface area contributed by atoms with Gasteiger partial charge in [-0.05, 0) is 43.2 Å². The van der Waals surface area contributed by atoms with Crippen molar-refractivity contribution >= 4 is 15.7 Å². The molecular weight excluding hydrogens is 446 g/mol. The van der Waals surface area contributed by atoms with E-state index in [1.165, 1.54) is 19.9 Å². The molecule has 0 unspecified atom stereocenters. The first-order valence-electron chi connectivity index (χ1n) is 10.4. The van der Waals surface area contributed by atoms with Crippen molar-refractivity contribution in [2.24, 2.45) is 0 Å². The van der Waals surface area contributed by atoms with Crippen molar-refractivity contribution in [2.75, 3.05) is 5.75 Å². The Kier molecular flexibility index (Phi) is 5.74. The van der Waals surface area contributed by atoms with Crippen molar-refractivity contribution in [1.82, 2.24) is 5.32 Å². The van der Waals surface area contributed by atoms with Crippen LogP contribution in [0.5, 0.6) is 5.75 Å². The quantitative estimate of drug-likeness (QED) is 0.568. The van der Waals surface area contributed by atoms with E-state index < -0.39 is 37.5 Å². The van der Waals surface area contributed by atoms with Gasteiger partial charge in [-0.15, -0.1) is 0 Å². The summed E-state index contributed by atoms with van der Waals surface area (Å²) in [6.45, 7) is 3.26. The molecule has 2 N–H and O–H groups in total. The Bertz CT molecular complexity index is 1310. The molecule has 3 aromatic rings. The molecule has 8 heteroatoms. The summed E-state index contributed by atoms with van der Waals surface area (Å²) >= 11 is 0. The third-order valence-corrected chi connectivity index (χ3v) is 8.78. The Morgan fingerprint density at radius 3 is 2.39 bits per heavy atom. The SMILES string of the molecule is C[C@@]1(c2ccc(F)cc2F)CS(=O)(=O)[C@@](C)(c2cccc(OCc3ccccc3)c2)C(=N)N1. The molecule has 0 spiro atoms. The molecule has 1 aliphatic heterocycles. The number of ether oxygens (including phenoxy) is 1. The molecular formula is C25H24F2N2O3S. The fraction of sp³-hybridized carbons (Fsp3) is 0.240. The maximum atomic E-state index is 14.5. The summed E-state index contributed by atoms with van der Waals surface area (Å²) in [5, 5.41) is 11.5. The lowest BCUT2D eigenvalue weighted by Crippen LogP contribution is -2.63. The van der Waals surface area contributed by atoms with Crippen LogP contribution in [0.15, 0.2) is 72.8 Å². The van der Waals surface area contributed by atoms with E-state index in [2.05, 4.69) is 5.32 Å². The Morgan fingerprint density at radius 2 is 1.73 bits per heavy atom. The highest BCUT2D eigenvalue weighted by atomic mass is 32.2. The average molecular weight is 471 g/mol. The van der Waals surface area contributed by atoms with Crippen molar-refractivity contribution in [2.45, 2.75) is 30.7 Å². The van der Waals surface area contributed by atoms with Gasteiger partial charge in [-0.2, -0.15) is 0 Å². The Balaban J connectivity index is 1.65. The molecule has 1 aliphatic rings. The second-order valence-corrected chi connectivity index (χ2v) is 10.9. The maximum Gasteiger partial charge on any atom is 0.169 e. The second kappa shape index (κ2) is 8.26. The minimum atomic E-state index is -3.99. The van der Waals surface area contributed by atoms with E-state index in [1.54, 1.807) is 24.3 Å². The van der Waals surface area contributed by atoms with Gasteiger partial charge in [0, 0.05) is 11.6 Å². The number of hydrogen-bond donors (Lipinski definition) is 2. The molecule has 0 bridgehead atoms. The van der Waals surface area contributed by atoms with Gasteiger partial charge >= 0.3 is 0 Å². The maximum absolute atomic E-state index is 14.5. The highest BCUT2D eigenvalue weighted by molar-refractivity contribution is 7.93. The Hall–Kier alpha value is -3.26. The van der Waals surface area contributed by atoms with Gasteiger partial charge in [-0.3, -0.25) is 5.41 Å². The molecule has 0 amide bonds. The third kappa shape index (κ3) is 4.11. The average Bonchev–Trinajstić information content (AvgIpc) is 2.76. The van der Waals surface area contributed by atoms with Crippen LogP contribution in [0.4, 0.5) is 8.78 Å². The largest absolute Gasteiger partial charge is 0.489 e. The van der Waals surface area contributed by atoms with E-state index in [0.717, 1.165) is 11.6 Å². The van der Waals surface area contributed by atoms with Gasteiger partial charge in [0.05, 0.1) is 11.3 Å². The summed E-state index contributed by atoms with van der Waals surface area (Å²) in [5.41, 5.74) is -0.105. The minimum Gasteiger partial charge on any atom is -0.489 e. The van der Waals surface area contributed by atoms with E-state index in [-0.39, 0.29) is 11.4 Å². The van der Waals surface area contributed by atoms with Gasteiger partial charge < -0.3 is 10.1 Å². The number of nitrogens with one attached hydrogen (secondary N) is 2. The summed E-state index contributed by atoms with van der Waals surface area (Å²) in [4.78, 5) is 0. The van der Waals surface area contributed by atoms with E-state index >= 15 is 0 Å². The molecule has 0 aliphatic carbocycles. The molecule has 0 saturated carbocycles. The Labute approximate surface area is 191 Å². The first-order valence-corrected chi connectivity index (χ1v) is 12.0. The first-order chi connectivity index (χ1) is 15.5. The van der Waals surface area contributed by atoms with Gasteiger partial charge in [-0.25, -0.2) is 17.2 Å². The number of rotatable bonds is 5. The van der Waals surface area contributed by atoms with Crippen molar-refractivity contribution in [3.05, 3.63) is 101 Å². The van der Waals surface area contributed by atoms with Crippen LogP contribution in [0.2, 0.25) is 0 Å². The fourth-order valence-electron chi connectivity index (χ4n) is 4.14. The molecule has 3 aromatic carbocycles. The van der Waals surface area contributed by atoms with Gasteiger partial charge in [0.1, 0.15) is 29.8 Å². The number of amidine groups is 1. The molecule has 0 aromatic heterocycles. The van der Waals surface area contributed by atoms with Crippen LogP contribution in [0.25, 0.3) is 0 Å². The second-order valence-electron chi connectivity index (χ2n) is 8.55. The zero-order valence-electron chi connectivity index (χ0n) is 18.2. The lowest BCUT2D eigenvalue weighted by Gasteiger charge is -2.45. The highest BCUT2D eigenvalue weighted by Gasteiger charge is 2.54. The summed E-state index contributed by atoms with van der Waals surface area (Å²) in [6, 6.07) is 19.2. The molecule has 172 valence electrons. The summed E-state index contributed by atoms with van der Waals surface area (Å²) in [7, 11) is -3.99. The van der Waals surface area contributed by atoms with Crippen molar-refractivity contribution in [3.8, 4) is 5.75 Å². The van der Waals surface area contributed by atoms with Crippen LogP contribution in [0.1, 0.15) is 30.5 Å². The number of hydrogen-bond acceptors (Lipinski definition) is 4. The smallest absolute Gasteiger partial charge is 0.169 e. The standard InChI is InChI=1S/C25H24F2N2O3S/c1-24(21-12-11-19(26)14-22(21)27)16-33(30,31)25(2,23(28)29-24)18-9-6-10-20(13-18)32-15-17-7-4-3-5-8-17/h3-14H,15-16H2,1-2H3,(H2,28,29)/t24-,25-/m0/s1. The van der Waals surface area contributed by atoms with Crippen molar-refractivity contribution in [1.29, 1.82) is 5.41 Å². The minimum absolute atomic E-state index is 0.0146. The number of halogens is 2. The van der Waals surface area contributed by atoms with Crippen LogP contribution >= 0.6 is 0 Å². The van der Waals surface area contributed by atoms with Gasteiger partial charge in [0.15, 0.2) is 14.6 Å². The summed E-state index contributed by atoms with van der Waals surface area (Å²) in [6.07, 6.45) is 0. The van der Waals surface area contributed by atoms with Crippen LogP contribution in [0, 0.1) is 17.0 Å². The predicted octanol–water partition coefficient (Wildman–Crippen LogP) is 4.67. The van der Waals surface area contributed by atoms with E-state index in [4.69, 9.17) is 10.1 Å². The number of sulfone groups is 1. The fourth-order valence-corrected chi connectivity index (χ4v) is 6.27. The van der Waals surface area contributed by atoms with Crippen LogP contribution in [-0.2, 0) is 26.7 Å². The molecule has 0 radical (unpaired) electrons. The zero-order valence-corrected chi connectivity index (χ0v) is 19.0. The lowest BCUT2D eigenvalue weighted by atomic mass is 9.90. The topological polar surface area (TPSA) is 79.2 Å². The Morgan fingerprint density at radius 1 is 1.00 bits per heavy atom. The molecule has 1 heterocycles. The van der Waals surface area contributed by atoms with E-state index in [9.17, 15) is 17.2 Å². The van der Waals surface area contributed by atoms with Crippen LogP contribution < -0.4 is 10.1 Å². The zero-order chi connectivity index (χ0) is 23.9. The van der Waals surface area contributed by atoms with E-state index in [1.807, 2.05) is 30.3 Å². The van der Waals surface area contributed by atoms with Crippen molar-refractivity contribution < 1.29 is 21.9 Å². The monoisotopic (exact) mass is 470 g/mol. The van der Waals surface area contributed by atoms with Crippen LogP contribution in [0.3, 0.4) is 0 Å². The summed E-state index contributed by atoms with van der Waals surface area (Å²) in [5.74, 6) is -1.92. The molecule has 5 nitrogen and oxygen atoms in total. The third-order valence-electron chi connectivity index (χ3n) is 6.14. The highest BCUT2D eigenvalue weighted by Crippen LogP contribution is 2.41. The molecule has 2 atom stereocenters. The first kappa shape index (κ1) is 22.9. The molecule has 1 saturated heterocycles. The summed E-state index contributed by atoms with van der Waals surface area (Å²) < 4.78 is 59.1. The molecule has 33 heavy (non-hydrogen) atoms.